The Balaban J connectivity index is 1.84. The van der Waals surface area contributed by atoms with Crippen LogP contribution in [0.4, 0.5) is 0 Å². The maximum Gasteiger partial charge on any atom is 0.192 e. The Bertz CT molecular complexity index is 807. The molecule has 8 atom stereocenters. The van der Waals surface area contributed by atoms with E-state index in [4.69, 9.17) is 5.73 Å². The molecule has 0 heterocycles. The van der Waals surface area contributed by atoms with E-state index < -0.39 is 58.4 Å². The minimum absolute atomic E-state index is 0.0746. The van der Waals surface area contributed by atoms with Gasteiger partial charge in [-0.1, -0.05) is 25.5 Å². The van der Waals surface area contributed by atoms with Gasteiger partial charge >= 0.3 is 0 Å². The van der Waals surface area contributed by atoms with E-state index in [9.17, 15) is 30.0 Å². The molecule has 4 aliphatic carbocycles. The van der Waals surface area contributed by atoms with Gasteiger partial charge in [-0.25, -0.2) is 0 Å². The van der Waals surface area contributed by atoms with Crippen molar-refractivity contribution in [3.05, 3.63) is 23.8 Å². The summed E-state index contributed by atoms with van der Waals surface area (Å²) in [4.78, 5) is 24.3. The quantitative estimate of drug-likeness (QED) is 0.432. The molecule has 3 saturated carbocycles. The smallest absolute Gasteiger partial charge is 0.192 e. The standard InChI is InChI=1S/C21H29NO6/c1-18-5-4-12(24)7-11(18)3-6-20(22)14-8-15(26)21(28,16(27)10-23)19(14,2)9-13(25)17(18)20/h4-5,7,13-15,17,23,25-26,28H,3,6,8-10,22H2,1-2H3/t13-,14+,15+,17+,18-,19-,20+,21-/m0/s1. The predicted molar refractivity (Wildman–Crippen MR) is 99.9 cm³/mol. The number of rotatable bonds is 2. The van der Waals surface area contributed by atoms with Crippen molar-refractivity contribution in [3.8, 4) is 0 Å². The normalized spacial score (nSPS) is 52.5. The first-order valence-electron chi connectivity index (χ1n) is 9.91. The van der Waals surface area contributed by atoms with Crippen LogP contribution in [0.3, 0.4) is 0 Å². The number of carbonyl (C=O) groups excluding carboxylic acids is 2. The lowest BCUT2D eigenvalue weighted by atomic mass is 9.43. The lowest BCUT2D eigenvalue weighted by molar-refractivity contribution is -0.193. The van der Waals surface area contributed by atoms with Gasteiger partial charge in [-0.15, -0.1) is 0 Å². The van der Waals surface area contributed by atoms with E-state index in [1.54, 1.807) is 13.0 Å². The number of hydrogen-bond donors (Lipinski definition) is 5. The van der Waals surface area contributed by atoms with Gasteiger partial charge in [0.05, 0.1) is 12.2 Å². The second kappa shape index (κ2) is 5.83. The zero-order chi connectivity index (χ0) is 20.7. The van der Waals surface area contributed by atoms with Crippen molar-refractivity contribution in [1.29, 1.82) is 0 Å². The van der Waals surface area contributed by atoms with Crippen LogP contribution in [0.1, 0.15) is 39.5 Å². The summed E-state index contributed by atoms with van der Waals surface area (Å²) in [7, 11) is 0. The monoisotopic (exact) mass is 391 g/mol. The van der Waals surface area contributed by atoms with Crippen molar-refractivity contribution in [2.24, 2.45) is 28.4 Å². The summed E-state index contributed by atoms with van der Waals surface area (Å²) in [5.74, 6) is -1.76. The van der Waals surface area contributed by atoms with E-state index in [1.165, 1.54) is 6.08 Å². The molecule has 0 aromatic heterocycles. The Kier molecular flexibility index (Phi) is 4.15. The van der Waals surface area contributed by atoms with E-state index in [-0.39, 0.29) is 18.6 Å². The molecule has 0 aliphatic heterocycles. The molecule has 0 saturated heterocycles. The van der Waals surface area contributed by atoms with Crippen molar-refractivity contribution in [2.75, 3.05) is 6.61 Å². The van der Waals surface area contributed by atoms with Gasteiger partial charge in [-0.05, 0) is 43.8 Å². The van der Waals surface area contributed by atoms with Crippen LogP contribution < -0.4 is 5.73 Å². The van der Waals surface area contributed by atoms with Crippen LogP contribution in [0.5, 0.6) is 0 Å². The molecule has 6 N–H and O–H groups in total. The summed E-state index contributed by atoms with van der Waals surface area (Å²) in [5.41, 5.74) is 3.05. The van der Waals surface area contributed by atoms with Gasteiger partial charge < -0.3 is 26.2 Å². The highest BCUT2D eigenvalue weighted by Crippen LogP contribution is 2.67. The molecule has 0 aromatic carbocycles. The van der Waals surface area contributed by atoms with E-state index in [2.05, 4.69) is 0 Å². The van der Waals surface area contributed by atoms with Gasteiger partial charge in [0, 0.05) is 22.3 Å². The van der Waals surface area contributed by atoms with E-state index in [0.29, 0.717) is 12.8 Å². The fourth-order valence-electron chi connectivity index (χ4n) is 7.18. The highest BCUT2D eigenvalue weighted by Gasteiger charge is 2.74. The summed E-state index contributed by atoms with van der Waals surface area (Å²) in [5, 5.41) is 42.6. The van der Waals surface area contributed by atoms with E-state index >= 15 is 0 Å². The molecule has 0 aromatic rings. The van der Waals surface area contributed by atoms with Crippen molar-refractivity contribution in [3.63, 3.8) is 0 Å². The Labute approximate surface area is 163 Å². The van der Waals surface area contributed by atoms with Crippen LogP contribution in [0, 0.1) is 22.7 Å². The third-order valence-electron chi connectivity index (χ3n) is 8.47. The Hall–Kier alpha value is -1.38. The Morgan fingerprint density at radius 1 is 1.32 bits per heavy atom. The van der Waals surface area contributed by atoms with Gasteiger partial charge in [-0.3, -0.25) is 9.59 Å². The van der Waals surface area contributed by atoms with E-state index in [1.807, 2.05) is 13.0 Å². The molecule has 4 aliphatic rings. The number of hydrogen-bond acceptors (Lipinski definition) is 7. The molecule has 0 amide bonds. The van der Waals surface area contributed by atoms with Crippen molar-refractivity contribution in [2.45, 2.75) is 62.9 Å². The number of Topliss-reactive ketones (excluding diaryl/α,β-unsaturated/α-hetero) is 1. The van der Waals surface area contributed by atoms with Crippen LogP contribution in [0.15, 0.2) is 23.8 Å². The molecule has 0 spiro atoms. The maximum absolute atomic E-state index is 12.5. The number of fused-ring (bicyclic) bond motifs is 5. The molecule has 0 bridgehead atoms. The third kappa shape index (κ3) is 2.11. The van der Waals surface area contributed by atoms with Crippen LogP contribution in [-0.2, 0) is 9.59 Å². The summed E-state index contributed by atoms with van der Waals surface area (Å²) < 4.78 is 0. The second-order valence-corrected chi connectivity index (χ2v) is 9.62. The average molecular weight is 391 g/mol. The van der Waals surface area contributed by atoms with Crippen LogP contribution in [-0.4, -0.2) is 61.9 Å². The number of allylic oxidation sites excluding steroid dienone is 4. The highest BCUT2D eigenvalue weighted by molar-refractivity contribution is 6.01. The van der Waals surface area contributed by atoms with Crippen LogP contribution in [0.25, 0.3) is 0 Å². The van der Waals surface area contributed by atoms with Crippen molar-refractivity contribution in [1.82, 2.24) is 0 Å². The summed E-state index contributed by atoms with van der Waals surface area (Å²) >= 11 is 0. The fraction of sp³-hybridized carbons (Fsp3) is 0.714. The van der Waals surface area contributed by atoms with Gasteiger partial charge in [0.25, 0.3) is 0 Å². The van der Waals surface area contributed by atoms with Gasteiger partial charge in [0.1, 0.15) is 6.61 Å². The molecule has 3 fully saturated rings. The molecule has 0 radical (unpaired) electrons. The molecule has 28 heavy (non-hydrogen) atoms. The summed E-state index contributed by atoms with van der Waals surface area (Å²) in [6.07, 6.45) is 3.89. The van der Waals surface area contributed by atoms with Gasteiger partial charge in [0.2, 0.25) is 0 Å². The van der Waals surface area contributed by atoms with Crippen molar-refractivity contribution < 1.29 is 30.0 Å². The first kappa shape index (κ1) is 19.9. The topological polar surface area (TPSA) is 141 Å². The predicted octanol–water partition coefficient (Wildman–Crippen LogP) is -0.390. The van der Waals surface area contributed by atoms with Crippen LogP contribution >= 0.6 is 0 Å². The first-order chi connectivity index (χ1) is 12.9. The number of aliphatic hydroxyl groups is 4. The zero-order valence-corrected chi connectivity index (χ0v) is 16.3. The molecule has 4 rings (SSSR count). The molecule has 0 unspecified atom stereocenters. The maximum atomic E-state index is 12.5. The molecule has 7 nitrogen and oxygen atoms in total. The SMILES string of the molecule is C[C@]12C=CC(=O)C=C1CC[C@]1(N)[C@@H]2[C@@H](O)C[C@@]2(C)[C@H]1C[C@@H](O)[C@]2(O)C(=O)CO. The molecular formula is C21H29NO6. The highest BCUT2D eigenvalue weighted by atomic mass is 16.4. The number of aliphatic hydroxyl groups excluding tert-OH is 3. The third-order valence-corrected chi connectivity index (χ3v) is 8.47. The molecule has 7 heteroatoms. The number of nitrogens with two attached hydrogens (primary N) is 1. The minimum atomic E-state index is -2.15. The Morgan fingerprint density at radius 2 is 2.00 bits per heavy atom. The number of carbonyl (C=O) groups is 2. The second-order valence-electron chi connectivity index (χ2n) is 9.62. The lowest BCUT2D eigenvalue weighted by Gasteiger charge is -2.64. The van der Waals surface area contributed by atoms with Gasteiger partial charge in [0.15, 0.2) is 17.2 Å². The average Bonchev–Trinajstić information content (AvgIpc) is 2.83. The molecule has 154 valence electrons. The summed E-state index contributed by atoms with van der Waals surface area (Å²) in [6.45, 7) is 2.77. The fourth-order valence-corrected chi connectivity index (χ4v) is 7.18. The first-order valence-corrected chi connectivity index (χ1v) is 9.91. The van der Waals surface area contributed by atoms with Gasteiger partial charge in [-0.2, -0.15) is 0 Å². The van der Waals surface area contributed by atoms with Crippen molar-refractivity contribution >= 4 is 11.6 Å². The number of ketones is 2. The zero-order valence-electron chi connectivity index (χ0n) is 16.3. The largest absolute Gasteiger partial charge is 0.393 e. The summed E-state index contributed by atoms with van der Waals surface area (Å²) in [6, 6.07) is 0. The van der Waals surface area contributed by atoms with Crippen LogP contribution in [0.2, 0.25) is 0 Å². The minimum Gasteiger partial charge on any atom is -0.393 e. The van der Waals surface area contributed by atoms with E-state index in [0.717, 1.165) is 5.57 Å². The lowest BCUT2D eigenvalue weighted by Crippen LogP contribution is -2.72. The Morgan fingerprint density at radius 3 is 2.64 bits per heavy atom. The molecular weight excluding hydrogens is 362 g/mol.